The molecule has 0 spiro atoms. The van der Waals surface area contributed by atoms with E-state index in [9.17, 15) is 13.2 Å². The van der Waals surface area contributed by atoms with Crippen molar-refractivity contribution < 1.29 is 17.9 Å². The third-order valence-electron chi connectivity index (χ3n) is 3.47. The van der Waals surface area contributed by atoms with E-state index in [0.717, 1.165) is 13.1 Å². The molecule has 0 radical (unpaired) electrons. The number of rotatable bonds is 5. The van der Waals surface area contributed by atoms with Crippen LogP contribution in [0.5, 0.6) is 6.01 Å². The highest BCUT2D eigenvalue weighted by molar-refractivity contribution is 6.31. The van der Waals surface area contributed by atoms with Crippen molar-refractivity contribution in [2.75, 3.05) is 0 Å². The van der Waals surface area contributed by atoms with Gasteiger partial charge < -0.3 is 4.74 Å². The van der Waals surface area contributed by atoms with Crippen molar-refractivity contribution in [1.82, 2.24) is 25.0 Å². The summed E-state index contributed by atoms with van der Waals surface area (Å²) in [6.07, 6.45) is 2.52. The molecule has 0 saturated carbocycles. The third-order valence-corrected chi connectivity index (χ3v) is 3.80. The van der Waals surface area contributed by atoms with E-state index in [1.807, 2.05) is 0 Å². The lowest BCUT2D eigenvalue weighted by atomic mass is 10.1. The summed E-state index contributed by atoms with van der Waals surface area (Å²) in [5.41, 5.74) is 0.641. The molecule has 0 atom stereocenters. The van der Waals surface area contributed by atoms with Crippen LogP contribution in [0.4, 0.5) is 13.2 Å². The number of benzene rings is 1. The van der Waals surface area contributed by atoms with E-state index in [0.29, 0.717) is 11.4 Å². The molecule has 0 aliphatic rings. The van der Waals surface area contributed by atoms with Crippen molar-refractivity contribution in [3.63, 3.8) is 0 Å². The molecule has 0 saturated heterocycles. The second-order valence-electron chi connectivity index (χ2n) is 5.58. The van der Waals surface area contributed by atoms with Crippen molar-refractivity contribution in [3.8, 4) is 11.7 Å². The minimum absolute atomic E-state index is 0.00199. The van der Waals surface area contributed by atoms with Crippen molar-refractivity contribution in [2.45, 2.75) is 26.4 Å². The van der Waals surface area contributed by atoms with Gasteiger partial charge in [0.2, 0.25) is 0 Å². The quantitative estimate of drug-likeness (QED) is 0.669. The molecule has 0 fully saturated rings. The third kappa shape index (κ3) is 3.93. The van der Waals surface area contributed by atoms with Gasteiger partial charge in [-0.1, -0.05) is 16.8 Å². The molecule has 0 unspecified atom stereocenters. The largest absolute Gasteiger partial charge is 0.457 e. The molecule has 26 heavy (non-hydrogen) atoms. The zero-order valence-corrected chi connectivity index (χ0v) is 14.5. The smallest absolute Gasteiger partial charge is 0.317 e. The summed E-state index contributed by atoms with van der Waals surface area (Å²) in [4.78, 5) is 7.55. The molecule has 1 aromatic carbocycles. The molecule has 0 N–H and O–H groups in total. The van der Waals surface area contributed by atoms with Gasteiger partial charge in [-0.2, -0.15) is 4.98 Å². The fourth-order valence-electron chi connectivity index (χ4n) is 2.12. The van der Waals surface area contributed by atoms with Crippen LogP contribution in [0.15, 0.2) is 30.6 Å². The summed E-state index contributed by atoms with van der Waals surface area (Å²) in [6, 6.07) is 4.16. The van der Waals surface area contributed by atoms with Crippen LogP contribution < -0.4 is 4.74 Å². The van der Waals surface area contributed by atoms with Crippen LogP contribution in [0, 0.1) is 12.7 Å². The van der Waals surface area contributed by atoms with E-state index in [4.69, 9.17) is 16.3 Å². The zero-order chi connectivity index (χ0) is 18.9. The van der Waals surface area contributed by atoms with Crippen molar-refractivity contribution in [2.24, 2.45) is 0 Å². The van der Waals surface area contributed by atoms with Crippen LogP contribution in [0.2, 0.25) is 5.02 Å². The van der Waals surface area contributed by atoms with E-state index < -0.39 is 11.7 Å². The van der Waals surface area contributed by atoms with Gasteiger partial charge >= 0.3 is 6.01 Å². The Morgan fingerprint density at radius 3 is 2.77 bits per heavy atom. The lowest BCUT2D eigenvalue weighted by molar-refractivity contribution is 0.0176. The second-order valence-corrected chi connectivity index (χ2v) is 5.99. The van der Waals surface area contributed by atoms with Gasteiger partial charge in [0.05, 0.1) is 23.8 Å². The highest BCUT2D eigenvalue weighted by Crippen LogP contribution is 2.34. The maximum absolute atomic E-state index is 13.6. The summed E-state index contributed by atoms with van der Waals surface area (Å²) in [7, 11) is 0. The topological polar surface area (TPSA) is 65.7 Å². The monoisotopic (exact) mass is 383 g/mol. The van der Waals surface area contributed by atoms with Crippen molar-refractivity contribution in [1.29, 1.82) is 0 Å². The Labute approximate surface area is 151 Å². The number of hydrogen-bond donors (Lipinski definition) is 0. The number of aryl methyl sites for hydroxylation is 1. The molecule has 3 rings (SSSR count). The van der Waals surface area contributed by atoms with Crippen LogP contribution in [0.3, 0.4) is 0 Å². The van der Waals surface area contributed by atoms with E-state index in [1.54, 1.807) is 6.07 Å². The average molecular weight is 384 g/mol. The van der Waals surface area contributed by atoms with Crippen LogP contribution >= 0.6 is 11.6 Å². The number of halogens is 4. The summed E-state index contributed by atoms with van der Waals surface area (Å²) >= 11 is 5.83. The van der Waals surface area contributed by atoms with Gasteiger partial charge in [-0.05, 0) is 25.1 Å². The molecule has 0 bridgehead atoms. The first-order chi connectivity index (χ1) is 12.2. The van der Waals surface area contributed by atoms with Gasteiger partial charge in [0.15, 0.2) is 5.82 Å². The Morgan fingerprint density at radius 1 is 1.31 bits per heavy atom. The minimum Gasteiger partial charge on any atom is -0.457 e. The maximum Gasteiger partial charge on any atom is 0.317 e. The molecule has 6 nitrogen and oxygen atoms in total. The SMILES string of the molecule is Cc1nc(OCc2cn(-c3ccc(Cl)c(C(C)(F)F)c3)nn2)ncc1F. The van der Waals surface area contributed by atoms with E-state index in [2.05, 4.69) is 20.3 Å². The molecular weight excluding hydrogens is 371 g/mol. The Hall–Kier alpha value is -2.68. The summed E-state index contributed by atoms with van der Waals surface area (Å²) in [6.45, 7) is 2.24. The number of hydrogen-bond acceptors (Lipinski definition) is 5. The van der Waals surface area contributed by atoms with Crippen LogP contribution in [-0.4, -0.2) is 25.0 Å². The minimum atomic E-state index is -3.09. The summed E-state index contributed by atoms with van der Waals surface area (Å²) in [5.74, 6) is -3.62. The Balaban J connectivity index is 1.76. The van der Waals surface area contributed by atoms with Gasteiger partial charge in [0.1, 0.15) is 12.3 Å². The normalized spacial score (nSPS) is 11.6. The molecule has 10 heteroatoms. The first kappa shape index (κ1) is 18.1. The average Bonchev–Trinajstić information content (AvgIpc) is 3.04. The highest BCUT2D eigenvalue weighted by atomic mass is 35.5. The van der Waals surface area contributed by atoms with E-state index >= 15 is 0 Å². The molecule has 136 valence electrons. The Morgan fingerprint density at radius 2 is 2.08 bits per heavy atom. The Kier molecular flexibility index (Phi) is 4.82. The van der Waals surface area contributed by atoms with Crippen LogP contribution in [0.25, 0.3) is 5.69 Å². The van der Waals surface area contributed by atoms with Gasteiger partial charge in [-0.15, -0.1) is 5.10 Å². The van der Waals surface area contributed by atoms with Gasteiger partial charge in [0, 0.05) is 17.5 Å². The van der Waals surface area contributed by atoms with E-state index in [1.165, 1.54) is 29.9 Å². The molecular formula is C16H13ClF3N5O. The first-order valence-electron chi connectivity index (χ1n) is 7.45. The van der Waals surface area contributed by atoms with Gasteiger partial charge in [-0.3, -0.25) is 0 Å². The Bertz CT molecular complexity index is 942. The molecule has 3 aromatic rings. The lowest BCUT2D eigenvalue weighted by Crippen LogP contribution is -2.09. The predicted molar refractivity (Wildman–Crippen MR) is 87.0 cm³/mol. The fraction of sp³-hybridized carbons (Fsp3) is 0.250. The van der Waals surface area contributed by atoms with Crippen molar-refractivity contribution >= 4 is 11.6 Å². The number of ether oxygens (including phenoxy) is 1. The van der Waals surface area contributed by atoms with Crippen molar-refractivity contribution in [3.05, 3.63) is 58.4 Å². The molecule has 2 heterocycles. The highest BCUT2D eigenvalue weighted by Gasteiger charge is 2.27. The maximum atomic E-state index is 13.6. The summed E-state index contributed by atoms with van der Waals surface area (Å²) < 4.78 is 47.0. The van der Waals surface area contributed by atoms with Gasteiger partial charge in [0.25, 0.3) is 5.92 Å². The number of aromatic nitrogens is 5. The second kappa shape index (κ2) is 6.91. The molecule has 2 aromatic heterocycles. The fourth-order valence-corrected chi connectivity index (χ4v) is 2.41. The molecule has 0 aliphatic carbocycles. The standard InChI is InChI=1S/C16H13ClF3N5O/c1-9-14(18)6-21-15(22-9)26-8-10-7-25(24-23-10)11-3-4-13(17)12(5-11)16(2,19)20/h3-7H,8H2,1-2H3. The van der Waals surface area contributed by atoms with Gasteiger partial charge in [-0.25, -0.2) is 22.8 Å². The zero-order valence-electron chi connectivity index (χ0n) is 13.8. The van der Waals surface area contributed by atoms with Crippen LogP contribution in [-0.2, 0) is 12.5 Å². The molecule has 0 amide bonds. The lowest BCUT2D eigenvalue weighted by Gasteiger charge is -2.13. The number of alkyl halides is 2. The van der Waals surface area contributed by atoms with E-state index in [-0.39, 0.29) is 28.9 Å². The predicted octanol–water partition coefficient (Wildman–Crippen LogP) is 3.85. The first-order valence-corrected chi connectivity index (χ1v) is 7.83. The van der Waals surface area contributed by atoms with Crippen LogP contribution in [0.1, 0.15) is 23.9 Å². The molecule has 0 aliphatic heterocycles. The number of nitrogens with zero attached hydrogens (tertiary/aromatic N) is 5. The summed E-state index contributed by atoms with van der Waals surface area (Å²) in [5, 5.41) is 7.75.